The SMILES string of the molecule is CC(NC(=NCC1CCOC1)NCCc1ccco1)c1ccccc1. The Balaban J connectivity index is 1.57. The molecule has 5 heteroatoms. The van der Waals surface area contributed by atoms with Gasteiger partial charge in [-0.1, -0.05) is 30.3 Å². The van der Waals surface area contributed by atoms with E-state index >= 15 is 0 Å². The van der Waals surface area contributed by atoms with E-state index in [2.05, 4.69) is 41.8 Å². The van der Waals surface area contributed by atoms with Crippen molar-refractivity contribution in [3.05, 3.63) is 60.1 Å². The molecule has 1 aromatic carbocycles. The smallest absolute Gasteiger partial charge is 0.191 e. The van der Waals surface area contributed by atoms with Crippen molar-refractivity contribution in [1.82, 2.24) is 10.6 Å². The van der Waals surface area contributed by atoms with Crippen LogP contribution in [0.1, 0.15) is 30.7 Å². The molecule has 3 rings (SSSR count). The van der Waals surface area contributed by atoms with Gasteiger partial charge in [0.1, 0.15) is 5.76 Å². The first kappa shape index (κ1) is 17.5. The predicted octanol–water partition coefficient (Wildman–Crippen LogP) is 3.16. The molecule has 1 aliphatic rings. The summed E-state index contributed by atoms with van der Waals surface area (Å²) in [5, 5.41) is 6.93. The summed E-state index contributed by atoms with van der Waals surface area (Å²) in [4.78, 5) is 4.77. The third kappa shape index (κ3) is 5.64. The van der Waals surface area contributed by atoms with E-state index < -0.39 is 0 Å². The molecule has 0 bridgehead atoms. The van der Waals surface area contributed by atoms with Crippen molar-refractivity contribution in [2.45, 2.75) is 25.8 Å². The Morgan fingerprint density at radius 2 is 2.12 bits per heavy atom. The van der Waals surface area contributed by atoms with Crippen molar-refractivity contribution in [3.63, 3.8) is 0 Å². The van der Waals surface area contributed by atoms with Gasteiger partial charge < -0.3 is 19.8 Å². The van der Waals surface area contributed by atoms with E-state index in [4.69, 9.17) is 14.1 Å². The number of rotatable bonds is 7. The molecule has 2 aromatic rings. The highest BCUT2D eigenvalue weighted by Gasteiger charge is 2.15. The van der Waals surface area contributed by atoms with Crippen molar-refractivity contribution in [2.75, 3.05) is 26.3 Å². The van der Waals surface area contributed by atoms with Gasteiger partial charge in [0.2, 0.25) is 0 Å². The molecule has 1 aromatic heterocycles. The molecule has 2 atom stereocenters. The molecular formula is C20H27N3O2. The summed E-state index contributed by atoms with van der Waals surface area (Å²) in [7, 11) is 0. The van der Waals surface area contributed by atoms with Crippen LogP contribution in [-0.2, 0) is 11.2 Å². The van der Waals surface area contributed by atoms with Gasteiger partial charge in [0.15, 0.2) is 5.96 Å². The summed E-state index contributed by atoms with van der Waals surface area (Å²) >= 11 is 0. The van der Waals surface area contributed by atoms with Gasteiger partial charge in [-0.3, -0.25) is 4.99 Å². The Morgan fingerprint density at radius 1 is 1.24 bits per heavy atom. The van der Waals surface area contributed by atoms with Gasteiger partial charge in [-0.15, -0.1) is 0 Å². The highest BCUT2D eigenvalue weighted by molar-refractivity contribution is 5.80. The Hall–Kier alpha value is -2.27. The van der Waals surface area contributed by atoms with Crippen LogP contribution in [0.4, 0.5) is 0 Å². The lowest BCUT2D eigenvalue weighted by molar-refractivity contribution is 0.187. The van der Waals surface area contributed by atoms with E-state index in [1.807, 2.05) is 18.2 Å². The molecule has 0 amide bonds. The minimum absolute atomic E-state index is 0.191. The molecule has 134 valence electrons. The largest absolute Gasteiger partial charge is 0.469 e. The van der Waals surface area contributed by atoms with Crippen LogP contribution in [-0.4, -0.2) is 32.3 Å². The molecule has 25 heavy (non-hydrogen) atoms. The number of ether oxygens (including phenoxy) is 1. The molecule has 0 radical (unpaired) electrons. The van der Waals surface area contributed by atoms with Gasteiger partial charge in [-0.2, -0.15) is 0 Å². The summed E-state index contributed by atoms with van der Waals surface area (Å²) in [5.74, 6) is 2.35. The molecule has 1 fully saturated rings. The van der Waals surface area contributed by atoms with Gasteiger partial charge in [-0.05, 0) is 31.0 Å². The number of furan rings is 1. The average Bonchev–Trinajstić information content (AvgIpc) is 3.34. The molecule has 2 heterocycles. The lowest BCUT2D eigenvalue weighted by atomic mass is 10.1. The third-order valence-electron chi connectivity index (χ3n) is 4.43. The zero-order valence-corrected chi connectivity index (χ0v) is 14.8. The van der Waals surface area contributed by atoms with Crippen LogP contribution in [0.3, 0.4) is 0 Å². The predicted molar refractivity (Wildman–Crippen MR) is 99.6 cm³/mol. The van der Waals surface area contributed by atoms with Gasteiger partial charge >= 0.3 is 0 Å². The van der Waals surface area contributed by atoms with E-state index in [9.17, 15) is 0 Å². The molecule has 0 saturated carbocycles. The van der Waals surface area contributed by atoms with Crippen LogP contribution in [0.15, 0.2) is 58.1 Å². The van der Waals surface area contributed by atoms with Gasteiger partial charge in [0, 0.05) is 32.0 Å². The van der Waals surface area contributed by atoms with Gasteiger partial charge in [0.05, 0.1) is 18.9 Å². The molecule has 2 unspecified atom stereocenters. The van der Waals surface area contributed by atoms with Crippen LogP contribution in [0, 0.1) is 5.92 Å². The van der Waals surface area contributed by atoms with E-state index in [-0.39, 0.29) is 6.04 Å². The zero-order valence-electron chi connectivity index (χ0n) is 14.8. The first-order valence-electron chi connectivity index (χ1n) is 9.01. The molecule has 1 aliphatic heterocycles. The fourth-order valence-corrected chi connectivity index (χ4v) is 2.89. The van der Waals surface area contributed by atoms with Crippen molar-refractivity contribution in [1.29, 1.82) is 0 Å². The quantitative estimate of drug-likeness (QED) is 0.600. The number of nitrogens with zero attached hydrogens (tertiary/aromatic N) is 1. The lowest BCUT2D eigenvalue weighted by Gasteiger charge is -2.19. The van der Waals surface area contributed by atoms with Gasteiger partial charge in [-0.25, -0.2) is 0 Å². The van der Waals surface area contributed by atoms with E-state index in [0.717, 1.165) is 50.9 Å². The molecule has 1 saturated heterocycles. The number of hydrogen-bond acceptors (Lipinski definition) is 3. The second-order valence-corrected chi connectivity index (χ2v) is 6.45. The zero-order chi connectivity index (χ0) is 17.3. The first-order valence-corrected chi connectivity index (χ1v) is 9.01. The van der Waals surface area contributed by atoms with Gasteiger partial charge in [0.25, 0.3) is 0 Å². The Bertz CT molecular complexity index is 634. The van der Waals surface area contributed by atoms with Crippen LogP contribution in [0.2, 0.25) is 0 Å². The minimum atomic E-state index is 0.191. The molecular weight excluding hydrogens is 314 g/mol. The summed E-state index contributed by atoms with van der Waals surface area (Å²) in [5.41, 5.74) is 1.24. The van der Waals surface area contributed by atoms with Crippen molar-refractivity contribution >= 4 is 5.96 Å². The summed E-state index contributed by atoms with van der Waals surface area (Å²) in [6, 6.07) is 14.5. The number of benzene rings is 1. The second kappa shape index (κ2) is 9.28. The number of aliphatic imine (C=N–C) groups is 1. The molecule has 0 spiro atoms. The highest BCUT2D eigenvalue weighted by Crippen LogP contribution is 2.13. The second-order valence-electron chi connectivity index (χ2n) is 6.45. The summed E-state index contributed by atoms with van der Waals surface area (Å²) < 4.78 is 10.8. The molecule has 5 nitrogen and oxygen atoms in total. The van der Waals surface area contributed by atoms with Crippen LogP contribution >= 0.6 is 0 Å². The van der Waals surface area contributed by atoms with E-state index in [1.54, 1.807) is 6.26 Å². The average molecular weight is 341 g/mol. The maximum absolute atomic E-state index is 5.45. The van der Waals surface area contributed by atoms with Crippen molar-refractivity contribution in [2.24, 2.45) is 10.9 Å². The van der Waals surface area contributed by atoms with Crippen LogP contribution in [0.5, 0.6) is 0 Å². The van der Waals surface area contributed by atoms with Crippen molar-refractivity contribution in [3.8, 4) is 0 Å². The fraction of sp³-hybridized carbons (Fsp3) is 0.450. The van der Waals surface area contributed by atoms with E-state index in [0.29, 0.717) is 5.92 Å². The normalized spacial score (nSPS) is 18.9. The Labute approximate surface area is 149 Å². The number of guanidine groups is 1. The first-order chi connectivity index (χ1) is 12.3. The standard InChI is InChI=1S/C20H27N3O2/c1-16(18-6-3-2-4-7-18)23-20(22-14-17-10-13-24-15-17)21-11-9-19-8-5-12-25-19/h2-8,12,16-17H,9-11,13-15H2,1H3,(H2,21,22,23). The Morgan fingerprint density at radius 3 is 2.84 bits per heavy atom. The third-order valence-corrected chi connectivity index (χ3v) is 4.43. The van der Waals surface area contributed by atoms with Crippen LogP contribution in [0.25, 0.3) is 0 Å². The monoisotopic (exact) mass is 341 g/mol. The fourth-order valence-electron chi connectivity index (χ4n) is 2.89. The Kier molecular flexibility index (Phi) is 6.51. The summed E-state index contributed by atoms with van der Waals surface area (Å²) in [6.45, 7) is 5.39. The summed E-state index contributed by atoms with van der Waals surface area (Å²) in [6.07, 6.45) is 3.64. The maximum atomic E-state index is 5.45. The number of hydrogen-bond donors (Lipinski definition) is 2. The topological polar surface area (TPSA) is 58.8 Å². The molecule has 0 aliphatic carbocycles. The lowest BCUT2D eigenvalue weighted by Crippen LogP contribution is -2.40. The highest BCUT2D eigenvalue weighted by atomic mass is 16.5. The minimum Gasteiger partial charge on any atom is -0.469 e. The molecule has 2 N–H and O–H groups in total. The maximum Gasteiger partial charge on any atom is 0.191 e. The number of nitrogens with one attached hydrogen (secondary N) is 2. The van der Waals surface area contributed by atoms with E-state index in [1.165, 1.54) is 5.56 Å². The van der Waals surface area contributed by atoms with Crippen LogP contribution < -0.4 is 10.6 Å². The van der Waals surface area contributed by atoms with Crippen molar-refractivity contribution < 1.29 is 9.15 Å².